The number of halogens is 1. The summed E-state index contributed by atoms with van der Waals surface area (Å²) in [6.45, 7) is 0.612. The summed E-state index contributed by atoms with van der Waals surface area (Å²) in [5.41, 5.74) is 0.156. The number of carbonyl (C=O) groups excluding carboxylic acids is 1. The molecular formula is C10H11FN2O2. The number of para-hydroxylation sites is 1. The average Bonchev–Trinajstić information content (AvgIpc) is 2.17. The second-order valence-electron chi connectivity index (χ2n) is 3.47. The smallest absolute Gasteiger partial charge is 0.322 e. The fraction of sp³-hybridized carbons (Fsp3) is 0.300. The average molecular weight is 210 g/mol. The van der Waals surface area contributed by atoms with E-state index in [2.05, 4.69) is 5.32 Å². The molecule has 0 spiro atoms. The molecular weight excluding hydrogens is 199 g/mol. The van der Waals surface area contributed by atoms with Gasteiger partial charge in [-0.15, -0.1) is 0 Å². The Kier molecular flexibility index (Phi) is 2.55. The highest BCUT2D eigenvalue weighted by Gasteiger charge is 2.28. The van der Waals surface area contributed by atoms with Crippen molar-refractivity contribution in [3.05, 3.63) is 30.1 Å². The molecule has 2 N–H and O–H groups in total. The summed E-state index contributed by atoms with van der Waals surface area (Å²) in [5.74, 6) is -0.466. The van der Waals surface area contributed by atoms with E-state index in [9.17, 15) is 9.18 Å². The summed E-state index contributed by atoms with van der Waals surface area (Å²) >= 11 is 0. The first-order valence-electron chi connectivity index (χ1n) is 4.65. The van der Waals surface area contributed by atoms with Crippen LogP contribution in [-0.4, -0.2) is 35.2 Å². The van der Waals surface area contributed by atoms with E-state index in [-0.39, 0.29) is 11.7 Å². The normalized spacial score (nSPS) is 16.0. The van der Waals surface area contributed by atoms with Crippen LogP contribution >= 0.6 is 0 Å². The molecule has 0 radical (unpaired) electrons. The van der Waals surface area contributed by atoms with Gasteiger partial charge in [0.05, 0.1) is 24.9 Å². The summed E-state index contributed by atoms with van der Waals surface area (Å²) in [4.78, 5) is 12.8. The van der Waals surface area contributed by atoms with E-state index < -0.39 is 11.9 Å². The SMILES string of the molecule is O=C(Nc1ccccc1F)N1CC(O)C1. The molecule has 1 aliphatic heterocycles. The molecule has 1 aromatic carbocycles. The van der Waals surface area contributed by atoms with Gasteiger partial charge >= 0.3 is 6.03 Å². The van der Waals surface area contributed by atoms with Crippen molar-refractivity contribution in [2.45, 2.75) is 6.10 Å². The summed E-state index contributed by atoms with van der Waals surface area (Å²) in [6.07, 6.45) is -0.448. The predicted molar refractivity (Wildman–Crippen MR) is 53.0 cm³/mol. The van der Waals surface area contributed by atoms with Gasteiger partial charge in [0.2, 0.25) is 0 Å². The highest BCUT2D eigenvalue weighted by molar-refractivity contribution is 5.90. The lowest BCUT2D eigenvalue weighted by molar-refractivity contribution is 0.0308. The van der Waals surface area contributed by atoms with Crippen LogP contribution in [0.25, 0.3) is 0 Å². The van der Waals surface area contributed by atoms with E-state index in [1.807, 2.05) is 0 Å². The van der Waals surface area contributed by atoms with Crippen LogP contribution in [0, 0.1) is 5.82 Å². The molecule has 1 heterocycles. The van der Waals surface area contributed by atoms with Gasteiger partial charge in [0.15, 0.2) is 0 Å². The Morgan fingerprint density at radius 3 is 2.73 bits per heavy atom. The Balaban J connectivity index is 1.97. The van der Waals surface area contributed by atoms with Gasteiger partial charge in [-0.05, 0) is 12.1 Å². The lowest BCUT2D eigenvalue weighted by Crippen LogP contribution is -2.54. The van der Waals surface area contributed by atoms with Crippen molar-refractivity contribution in [2.75, 3.05) is 18.4 Å². The number of likely N-dealkylation sites (tertiary alicyclic amines) is 1. The van der Waals surface area contributed by atoms with E-state index in [1.54, 1.807) is 12.1 Å². The quantitative estimate of drug-likeness (QED) is 0.727. The van der Waals surface area contributed by atoms with E-state index in [1.165, 1.54) is 17.0 Å². The minimum atomic E-state index is -0.466. The molecule has 5 heteroatoms. The molecule has 1 aliphatic rings. The minimum Gasteiger partial charge on any atom is -0.389 e. The molecule has 0 aliphatic carbocycles. The molecule has 80 valence electrons. The number of aliphatic hydroxyl groups excluding tert-OH is 1. The highest BCUT2D eigenvalue weighted by atomic mass is 19.1. The van der Waals surface area contributed by atoms with E-state index in [0.29, 0.717) is 13.1 Å². The van der Waals surface area contributed by atoms with Crippen molar-refractivity contribution >= 4 is 11.7 Å². The lowest BCUT2D eigenvalue weighted by atomic mass is 10.2. The van der Waals surface area contributed by atoms with Crippen LogP contribution < -0.4 is 5.32 Å². The maximum Gasteiger partial charge on any atom is 0.322 e. The molecule has 1 aromatic rings. The first-order chi connectivity index (χ1) is 7.16. The first-order valence-corrected chi connectivity index (χ1v) is 4.65. The van der Waals surface area contributed by atoms with Crippen molar-refractivity contribution in [3.63, 3.8) is 0 Å². The Bertz CT molecular complexity index is 377. The van der Waals surface area contributed by atoms with Crippen LogP contribution in [0.4, 0.5) is 14.9 Å². The summed E-state index contributed by atoms with van der Waals surface area (Å²) in [5, 5.41) is 11.4. The molecule has 0 unspecified atom stereocenters. The van der Waals surface area contributed by atoms with Gasteiger partial charge in [-0.25, -0.2) is 9.18 Å². The number of hydrogen-bond acceptors (Lipinski definition) is 2. The minimum absolute atomic E-state index is 0.156. The maximum absolute atomic E-state index is 13.1. The number of nitrogens with zero attached hydrogens (tertiary/aromatic N) is 1. The highest BCUT2D eigenvalue weighted by Crippen LogP contribution is 2.15. The van der Waals surface area contributed by atoms with Gasteiger partial charge in [-0.3, -0.25) is 0 Å². The van der Waals surface area contributed by atoms with E-state index in [0.717, 1.165) is 0 Å². The molecule has 4 nitrogen and oxygen atoms in total. The van der Waals surface area contributed by atoms with E-state index in [4.69, 9.17) is 5.11 Å². The topological polar surface area (TPSA) is 52.6 Å². The third-order valence-electron chi connectivity index (χ3n) is 2.26. The largest absolute Gasteiger partial charge is 0.389 e. The molecule has 1 fully saturated rings. The van der Waals surface area contributed by atoms with Crippen molar-refractivity contribution < 1.29 is 14.3 Å². The number of aliphatic hydroxyl groups is 1. The molecule has 15 heavy (non-hydrogen) atoms. The van der Waals surface area contributed by atoms with Crippen molar-refractivity contribution in [3.8, 4) is 0 Å². The first kappa shape index (κ1) is 9.92. The number of benzene rings is 1. The zero-order valence-corrected chi connectivity index (χ0v) is 7.98. The number of β-amino-alcohol motifs (C(OH)–C–C–N with tert-alkyl or cyclic N) is 1. The van der Waals surface area contributed by atoms with Gasteiger partial charge in [0.25, 0.3) is 0 Å². The zero-order valence-electron chi connectivity index (χ0n) is 7.98. The molecule has 2 rings (SSSR count). The number of urea groups is 1. The number of anilines is 1. The molecule has 2 amide bonds. The monoisotopic (exact) mass is 210 g/mol. The van der Waals surface area contributed by atoms with Gasteiger partial charge < -0.3 is 15.3 Å². The van der Waals surface area contributed by atoms with Crippen LogP contribution in [0.15, 0.2) is 24.3 Å². The fourth-order valence-corrected chi connectivity index (χ4v) is 1.38. The molecule has 0 aromatic heterocycles. The van der Waals surface area contributed by atoms with Crippen molar-refractivity contribution in [2.24, 2.45) is 0 Å². The Morgan fingerprint density at radius 2 is 2.13 bits per heavy atom. The van der Waals surface area contributed by atoms with Crippen LogP contribution in [0.3, 0.4) is 0 Å². The summed E-state index contributed by atoms with van der Waals surface area (Å²) in [7, 11) is 0. The molecule has 1 saturated heterocycles. The van der Waals surface area contributed by atoms with Crippen molar-refractivity contribution in [1.82, 2.24) is 4.90 Å². The number of rotatable bonds is 1. The Hall–Kier alpha value is -1.62. The fourth-order valence-electron chi connectivity index (χ4n) is 1.38. The third-order valence-corrected chi connectivity index (χ3v) is 2.26. The summed E-state index contributed by atoms with van der Waals surface area (Å²) in [6, 6.07) is 5.58. The number of carbonyl (C=O) groups is 1. The molecule has 0 bridgehead atoms. The van der Waals surface area contributed by atoms with Crippen LogP contribution in [0.2, 0.25) is 0 Å². The van der Waals surface area contributed by atoms with Crippen LogP contribution in [0.1, 0.15) is 0 Å². The third kappa shape index (κ3) is 2.07. The Morgan fingerprint density at radius 1 is 1.47 bits per heavy atom. The number of hydrogen-bond donors (Lipinski definition) is 2. The van der Waals surface area contributed by atoms with Gasteiger partial charge in [0, 0.05) is 0 Å². The Labute approximate surface area is 86.3 Å². The van der Waals surface area contributed by atoms with E-state index >= 15 is 0 Å². The summed E-state index contributed by atoms with van der Waals surface area (Å²) < 4.78 is 13.1. The van der Waals surface area contributed by atoms with Gasteiger partial charge in [-0.1, -0.05) is 12.1 Å². The van der Waals surface area contributed by atoms with Gasteiger partial charge in [0.1, 0.15) is 5.82 Å². The predicted octanol–water partition coefficient (Wildman–Crippen LogP) is 1.03. The standard InChI is InChI=1S/C10H11FN2O2/c11-8-3-1-2-4-9(8)12-10(15)13-5-7(14)6-13/h1-4,7,14H,5-6H2,(H,12,15). The van der Waals surface area contributed by atoms with Gasteiger partial charge in [-0.2, -0.15) is 0 Å². The second kappa shape index (κ2) is 3.86. The van der Waals surface area contributed by atoms with Crippen LogP contribution in [-0.2, 0) is 0 Å². The molecule has 0 atom stereocenters. The molecule has 0 saturated carbocycles. The number of nitrogens with one attached hydrogen (secondary N) is 1. The second-order valence-corrected chi connectivity index (χ2v) is 3.47. The maximum atomic E-state index is 13.1. The zero-order chi connectivity index (χ0) is 10.8. The van der Waals surface area contributed by atoms with Crippen LogP contribution in [0.5, 0.6) is 0 Å². The lowest BCUT2D eigenvalue weighted by Gasteiger charge is -2.35. The van der Waals surface area contributed by atoms with Crippen molar-refractivity contribution in [1.29, 1.82) is 0 Å². The number of amides is 2.